The number of hydrogen-bond donors (Lipinski definition) is 1. The number of piperidine rings is 1. The van der Waals surface area contributed by atoms with Crippen molar-refractivity contribution in [2.24, 2.45) is 17.8 Å². The van der Waals surface area contributed by atoms with Gasteiger partial charge in [-0.25, -0.2) is 0 Å². The molecular formula is C21H34N4O2S. The zero-order chi connectivity index (χ0) is 19.9. The Morgan fingerprint density at radius 3 is 2.43 bits per heavy atom. The average Bonchev–Trinajstić information content (AvgIpc) is 3.16. The molecule has 1 aromatic rings. The molecule has 2 aliphatic rings. The van der Waals surface area contributed by atoms with Crippen molar-refractivity contribution in [3.05, 3.63) is 10.6 Å². The number of carbonyl (C=O) groups excluding carboxylic acids is 2. The second-order valence-electron chi connectivity index (χ2n) is 8.53. The van der Waals surface area contributed by atoms with Gasteiger partial charge in [-0.3, -0.25) is 9.59 Å². The van der Waals surface area contributed by atoms with Crippen molar-refractivity contribution >= 4 is 23.3 Å². The van der Waals surface area contributed by atoms with E-state index in [1.807, 2.05) is 11.8 Å². The summed E-state index contributed by atoms with van der Waals surface area (Å²) in [5, 5.41) is 7.13. The first kappa shape index (κ1) is 21.2. The summed E-state index contributed by atoms with van der Waals surface area (Å²) in [5.74, 6) is 1.81. The van der Waals surface area contributed by atoms with E-state index in [1.54, 1.807) is 0 Å². The Balaban J connectivity index is 1.35. The van der Waals surface area contributed by atoms with Crippen molar-refractivity contribution in [3.63, 3.8) is 0 Å². The zero-order valence-electron chi connectivity index (χ0n) is 17.3. The molecule has 2 fully saturated rings. The number of unbranched alkanes of at least 4 members (excludes halogenated alkanes) is 1. The molecule has 7 heteroatoms. The lowest BCUT2D eigenvalue weighted by molar-refractivity contribution is -0.126. The third-order valence-electron chi connectivity index (χ3n) is 6.50. The number of nitrogens with one attached hydrogen (secondary N) is 1. The van der Waals surface area contributed by atoms with Crippen molar-refractivity contribution in [1.82, 2.24) is 19.8 Å². The molecule has 0 unspecified atom stereocenters. The lowest BCUT2D eigenvalue weighted by Gasteiger charge is -2.32. The fraction of sp³-hybridized carbons (Fsp3) is 0.810. The summed E-state index contributed by atoms with van der Waals surface area (Å²) in [5.41, 5.74) is 0.716. The van der Waals surface area contributed by atoms with Crippen molar-refractivity contribution in [3.8, 4) is 0 Å². The highest BCUT2D eigenvalue weighted by Crippen LogP contribution is 2.32. The number of amides is 2. The van der Waals surface area contributed by atoms with Gasteiger partial charge >= 0.3 is 0 Å². The molecule has 1 aromatic heterocycles. The molecular weight excluding hydrogens is 372 g/mol. The first-order chi connectivity index (χ1) is 13.6. The molecule has 1 N–H and O–H groups in total. The minimum Gasteiger partial charge on any atom is -0.356 e. The number of aromatic nitrogens is 2. The summed E-state index contributed by atoms with van der Waals surface area (Å²) >= 11 is 1.18. The van der Waals surface area contributed by atoms with Gasteiger partial charge < -0.3 is 10.2 Å². The smallest absolute Gasteiger partial charge is 0.267 e. The number of hydrogen-bond acceptors (Lipinski definition) is 5. The molecule has 1 saturated carbocycles. The van der Waals surface area contributed by atoms with Crippen molar-refractivity contribution in [2.75, 3.05) is 19.6 Å². The summed E-state index contributed by atoms with van der Waals surface area (Å²) in [6, 6.07) is 0. The first-order valence-corrected chi connectivity index (χ1v) is 11.7. The van der Waals surface area contributed by atoms with Crippen LogP contribution in [0.2, 0.25) is 0 Å². The molecule has 2 amide bonds. The van der Waals surface area contributed by atoms with Gasteiger partial charge in [-0.1, -0.05) is 30.7 Å². The van der Waals surface area contributed by atoms with Gasteiger partial charge in [0.15, 0.2) is 0 Å². The maximum Gasteiger partial charge on any atom is 0.267 e. The third-order valence-corrected chi connectivity index (χ3v) is 7.31. The average molecular weight is 407 g/mol. The predicted molar refractivity (Wildman–Crippen MR) is 111 cm³/mol. The Labute approximate surface area is 172 Å². The minimum absolute atomic E-state index is 0.0508. The summed E-state index contributed by atoms with van der Waals surface area (Å²) in [6.07, 6.45) is 10.3. The van der Waals surface area contributed by atoms with Crippen LogP contribution >= 0.6 is 11.5 Å². The van der Waals surface area contributed by atoms with E-state index >= 15 is 0 Å². The van der Waals surface area contributed by atoms with Gasteiger partial charge in [-0.05, 0) is 68.8 Å². The molecule has 1 aliphatic heterocycles. The fourth-order valence-corrected chi connectivity index (χ4v) is 5.13. The van der Waals surface area contributed by atoms with Gasteiger partial charge in [0.1, 0.15) is 4.88 Å². The summed E-state index contributed by atoms with van der Waals surface area (Å²) in [7, 11) is 0. The Hall–Kier alpha value is -1.50. The van der Waals surface area contributed by atoms with Crippen molar-refractivity contribution in [2.45, 2.75) is 71.6 Å². The van der Waals surface area contributed by atoms with E-state index in [2.05, 4.69) is 21.8 Å². The van der Waals surface area contributed by atoms with Gasteiger partial charge in [0.25, 0.3) is 5.91 Å². The SMILES string of the molecule is CCCCC1CCC(C(=O)NCC2CCN(C(=O)c3snnc3C)CC2)CC1. The molecule has 6 nitrogen and oxygen atoms in total. The molecule has 1 aliphatic carbocycles. The maximum atomic E-state index is 12.5. The predicted octanol–water partition coefficient (Wildman–Crippen LogP) is 3.81. The molecule has 0 radical (unpaired) electrons. The second kappa shape index (κ2) is 10.3. The summed E-state index contributed by atoms with van der Waals surface area (Å²) < 4.78 is 3.86. The molecule has 3 rings (SSSR count). The van der Waals surface area contributed by atoms with Crippen LogP contribution in [-0.4, -0.2) is 45.9 Å². The van der Waals surface area contributed by atoms with Crippen LogP contribution < -0.4 is 5.32 Å². The molecule has 28 heavy (non-hydrogen) atoms. The van der Waals surface area contributed by atoms with E-state index in [1.165, 1.54) is 43.6 Å². The van der Waals surface area contributed by atoms with Gasteiger partial charge in [-0.2, -0.15) is 0 Å². The van der Waals surface area contributed by atoms with Crippen LogP contribution in [0.5, 0.6) is 0 Å². The maximum absolute atomic E-state index is 12.5. The number of carbonyl (C=O) groups is 2. The molecule has 156 valence electrons. The molecule has 2 heterocycles. The minimum atomic E-state index is 0.0508. The Bertz CT molecular complexity index is 647. The topological polar surface area (TPSA) is 75.2 Å². The van der Waals surface area contributed by atoms with Crippen molar-refractivity contribution < 1.29 is 9.59 Å². The Kier molecular flexibility index (Phi) is 7.82. The van der Waals surface area contributed by atoms with Crippen LogP contribution in [0, 0.1) is 24.7 Å². The van der Waals surface area contributed by atoms with Gasteiger partial charge in [0.2, 0.25) is 5.91 Å². The van der Waals surface area contributed by atoms with Crippen LogP contribution in [0.3, 0.4) is 0 Å². The normalized spacial score (nSPS) is 23.6. The van der Waals surface area contributed by atoms with Crippen LogP contribution in [0.1, 0.15) is 80.1 Å². The quantitative estimate of drug-likeness (QED) is 0.747. The van der Waals surface area contributed by atoms with Crippen LogP contribution in [0.4, 0.5) is 0 Å². The largest absolute Gasteiger partial charge is 0.356 e. The third kappa shape index (κ3) is 5.52. The van der Waals surface area contributed by atoms with E-state index in [-0.39, 0.29) is 17.7 Å². The van der Waals surface area contributed by atoms with Gasteiger partial charge in [-0.15, -0.1) is 5.10 Å². The number of aryl methyl sites for hydroxylation is 1. The summed E-state index contributed by atoms with van der Waals surface area (Å²) in [6.45, 7) is 6.32. The number of rotatable bonds is 7. The lowest BCUT2D eigenvalue weighted by Crippen LogP contribution is -2.42. The summed E-state index contributed by atoms with van der Waals surface area (Å²) in [4.78, 5) is 27.6. The Morgan fingerprint density at radius 1 is 1.11 bits per heavy atom. The lowest BCUT2D eigenvalue weighted by atomic mass is 9.79. The molecule has 0 atom stereocenters. The van der Waals surface area contributed by atoms with Gasteiger partial charge in [0.05, 0.1) is 5.69 Å². The number of nitrogens with zero attached hydrogens (tertiary/aromatic N) is 3. The molecule has 1 saturated heterocycles. The van der Waals surface area contributed by atoms with E-state index in [0.717, 1.165) is 51.2 Å². The van der Waals surface area contributed by atoms with E-state index in [4.69, 9.17) is 0 Å². The molecule has 0 aromatic carbocycles. The molecule has 0 spiro atoms. The number of likely N-dealkylation sites (tertiary alicyclic amines) is 1. The standard InChI is InChI=1S/C21H34N4O2S/c1-3-4-5-16-6-8-18(9-7-16)20(26)22-14-17-10-12-25(13-11-17)21(27)19-15(2)23-24-28-19/h16-18H,3-14H2,1-2H3,(H,22,26). The van der Waals surface area contributed by atoms with Gasteiger partial charge in [0, 0.05) is 25.6 Å². The second-order valence-corrected chi connectivity index (χ2v) is 9.28. The van der Waals surface area contributed by atoms with Crippen LogP contribution in [0.15, 0.2) is 0 Å². The first-order valence-electron chi connectivity index (χ1n) is 10.9. The fourth-order valence-electron chi connectivity index (χ4n) is 4.51. The van der Waals surface area contributed by atoms with Crippen molar-refractivity contribution in [1.29, 1.82) is 0 Å². The highest BCUT2D eigenvalue weighted by Gasteiger charge is 2.28. The highest BCUT2D eigenvalue weighted by atomic mass is 32.1. The Morgan fingerprint density at radius 2 is 1.82 bits per heavy atom. The highest BCUT2D eigenvalue weighted by molar-refractivity contribution is 7.07. The van der Waals surface area contributed by atoms with Crippen LogP contribution in [0.25, 0.3) is 0 Å². The van der Waals surface area contributed by atoms with E-state index in [0.29, 0.717) is 16.5 Å². The monoisotopic (exact) mass is 406 g/mol. The zero-order valence-corrected chi connectivity index (χ0v) is 18.1. The van der Waals surface area contributed by atoms with E-state index < -0.39 is 0 Å². The molecule has 0 bridgehead atoms. The van der Waals surface area contributed by atoms with Crippen LogP contribution in [-0.2, 0) is 4.79 Å². The van der Waals surface area contributed by atoms with E-state index in [9.17, 15) is 9.59 Å².